The van der Waals surface area contributed by atoms with Gasteiger partial charge in [-0.05, 0) is 97.1 Å². The van der Waals surface area contributed by atoms with Crippen molar-refractivity contribution in [1.82, 2.24) is 19.7 Å². The van der Waals surface area contributed by atoms with Gasteiger partial charge in [0.05, 0.1) is 27.0 Å². The van der Waals surface area contributed by atoms with Crippen molar-refractivity contribution in [2.24, 2.45) is 0 Å². The second-order valence-electron chi connectivity index (χ2n) is 16.2. The molecule has 1 aliphatic carbocycles. The number of amides is 3. The summed E-state index contributed by atoms with van der Waals surface area (Å²) in [5.74, 6) is -2.17. The van der Waals surface area contributed by atoms with Crippen LogP contribution in [0.5, 0.6) is 10.9 Å². The van der Waals surface area contributed by atoms with E-state index in [-0.39, 0.29) is 56.4 Å². The first-order chi connectivity index (χ1) is 26.3. The fraction of sp³-hybridized carbons (Fsp3) is 0.500. The minimum absolute atomic E-state index is 0.0213. The number of fused-ring (bicyclic) bond motifs is 2. The highest BCUT2D eigenvalue weighted by molar-refractivity contribution is 7.14. The van der Waals surface area contributed by atoms with E-state index in [9.17, 15) is 14.0 Å². The lowest BCUT2D eigenvalue weighted by molar-refractivity contribution is -0.129. The van der Waals surface area contributed by atoms with Gasteiger partial charge in [-0.15, -0.1) is 0 Å². The first-order valence-electron chi connectivity index (χ1n) is 18.4. The van der Waals surface area contributed by atoms with E-state index in [2.05, 4.69) is 4.98 Å². The van der Waals surface area contributed by atoms with Crippen molar-refractivity contribution < 1.29 is 42.1 Å². The van der Waals surface area contributed by atoms with Crippen molar-refractivity contribution in [3.8, 4) is 10.9 Å². The molecule has 1 saturated carbocycles. The number of hydrogen-bond acceptors (Lipinski definition) is 9. The fourth-order valence-corrected chi connectivity index (χ4v) is 8.37. The third-order valence-corrected chi connectivity index (χ3v) is 10.8. The monoisotopic (exact) mass is 834 g/mol. The molecule has 0 radical (unpaired) electrons. The number of nitrogens with zero attached hydrogens (tertiary/aromatic N) is 4. The summed E-state index contributed by atoms with van der Waals surface area (Å²) in [6, 6.07) is 5.54. The van der Waals surface area contributed by atoms with Crippen molar-refractivity contribution in [1.29, 1.82) is 0 Å². The lowest BCUT2D eigenvalue weighted by Crippen LogP contribution is -2.66. The van der Waals surface area contributed by atoms with Crippen LogP contribution in [0.4, 0.5) is 18.4 Å². The van der Waals surface area contributed by atoms with Gasteiger partial charge < -0.3 is 28.7 Å². The molecule has 3 heterocycles. The highest BCUT2D eigenvalue weighted by atomic mass is 35.5. The molecule has 56 heavy (non-hydrogen) atoms. The molecule has 302 valence electrons. The van der Waals surface area contributed by atoms with Gasteiger partial charge in [0.15, 0.2) is 17.4 Å². The van der Waals surface area contributed by atoms with E-state index in [0.29, 0.717) is 44.3 Å². The second kappa shape index (κ2) is 16.4. The van der Waals surface area contributed by atoms with Crippen LogP contribution in [0, 0.1) is 18.6 Å². The van der Waals surface area contributed by atoms with Gasteiger partial charge in [-0.3, -0.25) is 9.69 Å². The van der Waals surface area contributed by atoms with Crippen molar-refractivity contribution in [3.63, 3.8) is 0 Å². The van der Waals surface area contributed by atoms with E-state index in [4.69, 9.17) is 42.1 Å². The topological polar surface area (TPSA) is 111 Å². The molecule has 2 bridgehead atoms. The van der Waals surface area contributed by atoms with E-state index in [1.54, 1.807) is 59.9 Å². The highest BCUT2D eigenvalue weighted by Gasteiger charge is 2.51. The van der Waals surface area contributed by atoms with Gasteiger partial charge in [0.25, 0.3) is 11.1 Å². The molecule has 2 aliphatic heterocycles. The van der Waals surface area contributed by atoms with Crippen molar-refractivity contribution in [3.05, 3.63) is 79.8 Å². The number of aryl methyl sites for hydroxylation is 1. The number of rotatable bonds is 10. The zero-order valence-corrected chi connectivity index (χ0v) is 34.7. The number of halogens is 4. The van der Waals surface area contributed by atoms with E-state index >= 15 is 9.18 Å². The van der Waals surface area contributed by atoms with Gasteiger partial charge in [0, 0.05) is 43.0 Å². The van der Waals surface area contributed by atoms with Crippen molar-refractivity contribution in [2.75, 3.05) is 26.3 Å². The largest absolute Gasteiger partial charge is 0.487 e. The summed E-state index contributed by atoms with van der Waals surface area (Å²) in [5, 5.41) is 1.06. The zero-order valence-electron chi connectivity index (χ0n) is 32.4. The Bertz CT molecular complexity index is 2000. The van der Waals surface area contributed by atoms with E-state index in [1.807, 2.05) is 6.92 Å². The van der Waals surface area contributed by atoms with E-state index < -0.39 is 53.0 Å². The van der Waals surface area contributed by atoms with Crippen LogP contribution in [0.1, 0.15) is 76.8 Å². The average Bonchev–Trinajstić information content (AvgIpc) is 3.82. The highest BCUT2D eigenvalue weighted by Crippen LogP contribution is 2.44. The molecule has 1 aromatic heterocycles. The molecule has 1 saturated heterocycles. The third-order valence-electron chi connectivity index (χ3n) is 9.24. The molecular formula is C40H46Cl2F2N4O7S. The maximum absolute atomic E-state index is 15.1. The van der Waals surface area contributed by atoms with E-state index in [1.165, 1.54) is 38.2 Å². The van der Waals surface area contributed by atoms with Gasteiger partial charge in [0.1, 0.15) is 24.4 Å². The van der Waals surface area contributed by atoms with Gasteiger partial charge in [0.2, 0.25) is 0 Å². The van der Waals surface area contributed by atoms with Crippen molar-refractivity contribution >= 4 is 58.2 Å². The molecule has 3 aliphatic rings. The third kappa shape index (κ3) is 9.69. The molecule has 11 nitrogen and oxygen atoms in total. The Balaban J connectivity index is 1.37. The molecule has 0 spiro atoms. The summed E-state index contributed by atoms with van der Waals surface area (Å²) >= 11 is 13.9. The molecule has 3 amide bonds. The summed E-state index contributed by atoms with van der Waals surface area (Å²) in [7, 11) is 0. The molecule has 2 fully saturated rings. The Labute approximate surface area is 339 Å². The number of ether oxygens (including phenoxy) is 4. The Kier molecular flexibility index (Phi) is 12.1. The normalized spacial score (nSPS) is 18.5. The Hall–Kier alpha value is -4.14. The SMILES string of the molecule is Cc1cc(Cl)c(OCCOc2ncc(C3=C(C(=O)N(Cc4cccc(F)c4F)C4CC4)C4CN(C(=O)OC(C)(C)C)CC(C3)N4C(=O)OC(C)(C)C)s2)c(Cl)c1. The molecule has 3 aromatic rings. The van der Waals surface area contributed by atoms with Crippen LogP contribution >= 0.6 is 34.5 Å². The van der Waals surface area contributed by atoms with Crippen LogP contribution in [0.25, 0.3) is 5.57 Å². The predicted molar refractivity (Wildman–Crippen MR) is 209 cm³/mol. The number of hydrogen-bond donors (Lipinski definition) is 0. The summed E-state index contributed by atoms with van der Waals surface area (Å²) in [6.45, 7) is 12.5. The smallest absolute Gasteiger partial charge is 0.411 e. The molecule has 6 rings (SSSR count). The standard InChI is InChI=1S/C40H46Cl2F2N4O7S/c1-22-15-27(41)34(28(42)16-22)52-13-14-53-36-45-18-31(56-36)26-17-25-20-46(37(50)54-39(2,3)4)21-30(48(25)38(51)55-40(5,6)7)32(26)35(49)47(24-11-12-24)19-23-9-8-10-29(43)33(23)44/h8-10,15-16,18,24-25,30H,11-14,17,19-21H2,1-7H3. The molecule has 2 aromatic carbocycles. The number of benzene rings is 2. The number of piperazine rings is 1. The van der Waals surface area contributed by atoms with Crippen LogP contribution in [-0.4, -0.2) is 93.4 Å². The molecule has 2 atom stereocenters. The Morgan fingerprint density at radius 1 is 0.946 bits per heavy atom. The lowest BCUT2D eigenvalue weighted by atomic mass is 9.83. The van der Waals surface area contributed by atoms with Gasteiger partial charge in [-0.2, -0.15) is 0 Å². The van der Waals surface area contributed by atoms with Crippen molar-refractivity contribution in [2.45, 2.75) is 104 Å². The fourth-order valence-electron chi connectivity index (χ4n) is 6.80. The zero-order chi connectivity index (χ0) is 40.7. The van der Waals surface area contributed by atoms with Crippen LogP contribution in [0.2, 0.25) is 10.0 Å². The Morgan fingerprint density at radius 2 is 1.59 bits per heavy atom. The molecule has 16 heteroatoms. The minimum atomic E-state index is -1.03. The van der Waals surface area contributed by atoms with Crippen LogP contribution in [0.15, 0.2) is 42.1 Å². The molecular weight excluding hydrogens is 789 g/mol. The first-order valence-corrected chi connectivity index (χ1v) is 20.0. The van der Waals surface area contributed by atoms with E-state index in [0.717, 1.165) is 11.6 Å². The van der Waals surface area contributed by atoms with Crippen LogP contribution < -0.4 is 9.47 Å². The maximum atomic E-state index is 15.1. The van der Waals surface area contributed by atoms with Crippen LogP contribution in [0.3, 0.4) is 0 Å². The lowest BCUT2D eigenvalue weighted by Gasteiger charge is -2.51. The number of carbonyl (C=O) groups excluding carboxylic acids is 3. The molecule has 0 N–H and O–H groups in total. The van der Waals surface area contributed by atoms with Gasteiger partial charge in [-0.1, -0.05) is 46.7 Å². The number of thiazole rings is 1. The summed E-state index contributed by atoms with van der Waals surface area (Å²) in [4.78, 5) is 52.3. The summed E-state index contributed by atoms with van der Waals surface area (Å²) in [6.07, 6.45) is 1.86. The van der Waals surface area contributed by atoms with Crippen LogP contribution in [-0.2, 0) is 20.8 Å². The second-order valence-corrected chi connectivity index (χ2v) is 18.0. The first kappa shape index (κ1) is 41.5. The Morgan fingerprint density at radius 3 is 2.23 bits per heavy atom. The summed E-state index contributed by atoms with van der Waals surface area (Å²) < 4.78 is 52.8. The summed E-state index contributed by atoms with van der Waals surface area (Å²) in [5.41, 5.74) is 0.101. The number of aromatic nitrogens is 1. The molecule has 2 unspecified atom stereocenters. The van der Waals surface area contributed by atoms with Gasteiger partial charge in [-0.25, -0.2) is 23.4 Å². The maximum Gasteiger partial charge on any atom is 0.411 e. The minimum Gasteiger partial charge on any atom is -0.487 e. The number of carbonyl (C=O) groups is 3. The quantitative estimate of drug-likeness (QED) is 0.186. The predicted octanol–water partition coefficient (Wildman–Crippen LogP) is 9.07. The van der Waals surface area contributed by atoms with Gasteiger partial charge >= 0.3 is 12.2 Å². The average molecular weight is 836 g/mol.